The summed E-state index contributed by atoms with van der Waals surface area (Å²) < 4.78 is 6.74. The summed E-state index contributed by atoms with van der Waals surface area (Å²) in [5.41, 5.74) is 12.6. The molecular formula is C47H33NO. The van der Waals surface area contributed by atoms with Crippen molar-refractivity contribution in [1.82, 2.24) is 0 Å². The number of benzene rings is 8. The SMILES string of the molecule is CC1(C)c2ccccc2-c2ccc(N(c3ccc4ccccc4c3-c3ccc4ccccc4c3)c3cccc4c3oc3ccccc34)cc21. The summed E-state index contributed by atoms with van der Waals surface area (Å²) in [4.78, 5) is 2.43. The van der Waals surface area contributed by atoms with E-state index in [0.29, 0.717) is 0 Å². The normalized spacial score (nSPS) is 13.3. The Morgan fingerprint density at radius 3 is 2.06 bits per heavy atom. The summed E-state index contributed by atoms with van der Waals surface area (Å²) in [6.07, 6.45) is 0. The molecule has 0 fully saturated rings. The Morgan fingerprint density at radius 2 is 1.16 bits per heavy atom. The van der Waals surface area contributed by atoms with Crippen molar-refractivity contribution in [1.29, 1.82) is 0 Å². The van der Waals surface area contributed by atoms with Gasteiger partial charge in [0.1, 0.15) is 5.58 Å². The van der Waals surface area contributed by atoms with Crippen LogP contribution in [0.4, 0.5) is 17.1 Å². The Bertz CT molecular complexity index is 2770. The van der Waals surface area contributed by atoms with Crippen molar-refractivity contribution in [3.8, 4) is 22.3 Å². The van der Waals surface area contributed by atoms with Gasteiger partial charge in [0.25, 0.3) is 0 Å². The van der Waals surface area contributed by atoms with E-state index in [4.69, 9.17) is 4.42 Å². The molecule has 0 atom stereocenters. The van der Waals surface area contributed by atoms with Crippen LogP contribution in [0.25, 0.3) is 65.7 Å². The molecule has 9 aromatic rings. The Morgan fingerprint density at radius 1 is 0.469 bits per heavy atom. The van der Waals surface area contributed by atoms with Gasteiger partial charge in [0.05, 0.1) is 11.4 Å². The number of nitrogens with zero attached hydrogens (tertiary/aromatic N) is 1. The first-order valence-electron chi connectivity index (χ1n) is 17.0. The molecule has 2 heteroatoms. The molecule has 8 aromatic carbocycles. The molecule has 10 rings (SSSR count). The second-order valence-electron chi connectivity index (χ2n) is 13.7. The van der Waals surface area contributed by atoms with Gasteiger partial charge in [-0.25, -0.2) is 0 Å². The number of rotatable bonds is 4. The zero-order chi connectivity index (χ0) is 32.7. The smallest absolute Gasteiger partial charge is 0.159 e. The summed E-state index contributed by atoms with van der Waals surface area (Å²) in [6, 6.07) is 59.5. The van der Waals surface area contributed by atoms with Crippen molar-refractivity contribution in [3.63, 3.8) is 0 Å². The van der Waals surface area contributed by atoms with Gasteiger partial charge in [-0.3, -0.25) is 0 Å². The minimum Gasteiger partial charge on any atom is -0.454 e. The van der Waals surface area contributed by atoms with Crippen LogP contribution in [0, 0.1) is 0 Å². The Balaban J connectivity index is 1.30. The van der Waals surface area contributed by atoms with Crippen LogP contribution in [-0.4, -0.2) is 0 Å². The fraction of sp³-hybridized carbons (Fsp3) is 0.0638. The van der Waals surface area contributed by atoms with Gasteiger partial charge >= 0.3 is 0 Å². The van der Waals surface area contributed by atoms with E-state index < -0.39 is 0 Å². The number of hydrogen-bond acceptors (Lipinski definition) is 2. The molecule has 0 saturated heterocycles. The van der Waals surface area contributed by atoms with E-state index in [-0.39, 0.29) is 5.41 Å². The van der Waals surface area contributed by atoms with E-state index in [1.807, 2.05) is 6.07 Å². The molecule has 232 valence electrons. The lowest BCUT2D eigenvalue weighted by Crippen LogP contribution is -2.17. The molecule has 0 bridgehead atoms. The maximum absolute atomic E-state index is 6.74. The standard InChI is InChI=1S/C47H33NO/c1-47(2)40-19-9-7-16-36(40)37-26-25-34(29-41(37)47)48(43-20-11-18-39-38-17-8-10-21-44(38)49-46(39)43)42-27-24-31-13-5-6-15-35(31)45(42)33-23-22-30-12-3-4-14-32(30)28-33/h3-29H,1-2H3. The first-order valence-corrected chi connectivity index (χ1v) is 17.0. The molecule has 0 amide bonds. The fourth-order valence-corrected chi connectivity index (χ4v) is 8.24. The maximum atomic E-state index is 6.74. The molecule has 0 N–H and O–H groups in total. The lowest BCUT2D eigenvalue weighted by atomic mass is 9.82. The van der Waals surface area contributed by atoms with E-state index in [0.717, 1.165) is 39.0 Å². The van der Waals surface area contributed by atoms with Crippen molar-refractivity contribution >= 4 is 60.5 Å². The van der Waals surface area contributed by atoms with Gasteiger partial charge in [0.15, 0.2) is 5.58 Å². The summed E-state index contributed by atoms with van der Waals surface area (Å²) in [7, 11) is 0. The average molecular weight is 628 g/mol. The van der Waals surface area contributed by atoms with Crippen molar-refractivity contribution in [3.05, 3.63) is 175 Å². The Labute approximate surface area is 285 Å². The summed E-state index contributed by atoms with van der Waals surface area (Å²) in [5, 5.41) is 7.12. The molecule has 1 aliphatic rings. The van der Waals surface area contributed by atoms with Crippen LogP contribution in [0.15, 0.2) is 168 Å². The fourth-order valence-electron chi connectivity index (χ4n) is 8.24. The Hall–Kier alpha value is -6.12. The maximum Gasteiger partial charge on any atom is 0.159 e. The van der Waals surface area contributed by atoms with E-state index in [2.05, 4.69) is 176 Å². The zero-order valence-corrected chi connectivity index (χ0v) is 27.4. The third-order valence-electron chi connectivity index (χ3n) is 10.6. The topological polar surface area (TPSA) is 16.4 Å². The van der Waals surface area contributed by atoms with Crippen molar-refractivity contribution in [2.75, 3.05) is 4.90 Å². The van der Waals surface area contributed by atoms with Crippen LogP contribution in [0.3, 0.4) is 0 Å². The van der Waals surface area contributed by atoms with Crippen LogP contribution in [-0.2, 0) is 5.41 Å². The summed E-state index contributed by atoms with van der Waals surface area (Å²) in [5.74, 6) is 0. The second-order valence-corrected chi connectivity index (χ2v) is 13.7. The second kappa shape index (κ2) is 10.4. The lowest BCUT2D eigenvalue weighted by molar-refractivity contribution is 0.660. The van der Waals surface area contributed by atoms with Crippen molar-refractivity contribution in [2.24, 2.45) is 0 Å². The van der Waals surface area contributed by atoms with Crippen molar-refractivity contribution < 1.29 is 4.42 Å². The van der Waals surface area contributed by atoms with Gasteiger partial charge in [0, 0.05) is 27.4 Å². The molecule has 1 aromatic heterocycles. The zero-order valence-electron chi connectivity index (χ0n) is 27.4. The summed E-state index contributed by atoms with van der Waals surface area (Å²) in [6.45, 7) is 4.70. The number of fused-ring (bicyclic) bond motifs is 8. The predicted octanol–water partition coefficient (Wildman–Crippen LogP) is 13.3. The average Bonchev–Trinajstić information content (AvgIpc) is 3.64. The molecule has 0 saturated carbocycles. The lowest BCUT2D eigenvalue weighted by Gasteiger charge is -2.30. The molecular weight excluding hydrogens is 595 g/mol. The van der Waals surface area contributed by atoms with Crippen molar-refractivity contribution in [2.45, 2.75) is 19.3 Å². The minimum absolute atomic E-state index is 0.135. The van der Waals surface area contributed by atoms with Gasteiger partial charge in [-0.15, -0.1) is 0 Å². The summed E-state index contributed by atoms with van der Waals surface area (Å²) >= 11 is 0. The molecule has 49 heavy (non-hydrogen) atoms. The van der Waals surface area contributed by atoms with Crippen LogP contribution in [0.1, 0.15) is 25.0 Å². The van der Waals surface area contributed by atoms with Crippen LogP contribution >= 0.6 is 0 Å². The van der Waals surface area contributed by atoms with E-state index in [1.165, 1.54) is 54.9 Å². The number of hydrogen-bond donors (Lipinski definition) is 0. The van der Waals surface area contributed by atoms with Crippen LogP contribution < -0.4 is 4.90 Å². The van der Waals surface area contributed by atoms with Crippen LogP contribution in [0.5, 0.6) is 0 Å². The van der Waals surface area contributed by atoms with Gasteiger partial charge in [-0.05, 0) is 85.8 Å². The number of furan rings is 1. The predicted molar refractivity (Wildman–Crippen MR) is 206 cm³/mol. The van der Waals surface area contributed by atoms with Gasteiger partial charge in [-0.2, -0.15) is 0 Å². The first kappa shape index (κ1) is 27.9. The molecule has 0 spiro atoms. The highest BCUT2D eigenvalue weighted by Gasteiger charge is 2.36. The van der Waals surface area contributed by atoms with Gasteiger partial charge in [-0.1, -0.05) is 141 Å². The molecule has 0 aliphatic heterocycles. The third-order valence-corrected chi connectivity index (χ3v) is 10.6. The number of anilines is 3. The van der Waals surface area contributed by atoms with Crippen LogP contribution in [0.2, 0.25) is 0 Å². The quantitative estimate of drug-likeness (QED) is 0.193. The number of para-hydroxylation sites is 2. The first-order chi connectivity index (χ1) is 24.1. The molecule has 0 radical (unpaired) electrons. The monoisotopic (exact) mass is 627 g/mol. The van der Waals surface area contributed by atoms with E-state index >= 15 is 0 Å². The third kappa shape index (κ3) is 4.14. The Kier molecular flexibility index (Phi) is 5.95. The minimum atomic E-state index is -0.135. The largest absolute Gasteiger partial charge is 0.454 e. The van der Waals surface area contributed by atoms with Gasteiger partial charge in [0.2, 0.25) is 0 Å². The molecule has 1 heterocycles. The van der Waals surface area contributed by atoms with Gasteiger partial charge < -0.3 is 9.32 Å². The van der Waals surface area contributed by atoms with E-state index in [9.17, 15) is 0 Å². The highest BCUT2D eigenvalue weighted by atomic mass is 16.3. The molecule has 0 unspecified atom stereocenters. The highest BCUT2D eigenvalue weighted by Crippen LogP contribution is 2.52. The highest BCUT2D eigenvalue weighted by molar-refractivity contribution is 6.13. The van der Waals surface area contributed by atoms with E-state index in [1.54, 1.807) is 0 Å². The molecule has 1 aliphatic carbocycles. The molecule has 2 nitrogen and oxygen atoms in total.